The van der Waals surface area contributed by atoms with Crippen molar-refractivity contribution >= 4 is 49.5 Å². The summed E-state index contributed by atoms with van der Waals surface area (Å²) in [4.78, 5) is 5.41. The molecule has 13 rings (SSSR count). The van der Waals surface area contributed by atoms with Crippen LogP contribution in [0.4, 0.5) is 0 Å². The van der Waals surface area contributed by atoms with Crippen LogP contribution in [0.2, 0.25) is 0 Å². The van der Waals surface area contributed by atoms with Gasteiger partial charge in [-0.25, -0.2) is 4.98 Å². The van der Waals surface area contributed by atoms with Crippen molar-refractivity contribution in [2.24, 2.45) is 11.8 Å². The summed E-state index contributed by atoms with van der Waals surface area (Å²) in [6.45, 7) is 4.96. The second kappa shape index (κ2) is 15.6. The summed E-state index contributed by atoms with van der Waals surface area (Å²) in [6, 6.07) is 59.1. The van der Waals surface area contributed by atoms with E-state index in [4.69, 9.17) is 13.8 Å². The van der Waals surface area contributed by atoms with Crippen molar-refractivity contribution in [2.75, 3.05) is 0 Å². The molecule has 0 radical (unpaired) electrons. The topological polar surface area (TPSA) is 39.2 Å². The van der Waals surface area contributed by atoms with Gasteiger partial charge in [0.1, 0.15) is 22.3 Å². The van der Waals surface area contributed by atoms with Crippen LogP contribution in [-0.2, 0) is 0 Å². The Labute approximate surface area is 385 Å². The van der Waals surface area contributed by atoms with Crippen molar-refractivity contribution in [3.05, 3.63) is 204 Å². The first-order chi connectivity index (χ1) is 32.5. The van der Waals surface area contributed by atoms with E-state index in [-0.39, 0.29) is 0 Å². The first-order valence-corrected chi connectivity index (χ1v) is 23.8. The van der Waals surface area contributed by atoms with E-state index in [9.17, 15) is 0 Å². The molecule has 3 aliphatic rings. The third kappa shape index (κ3) is 6.43. The predicted molar refractivity (Wildman–Crippen MR) is 274 cm³/mol. The summed E-state index contributed by atoms with van der Waals surface area (Å²) < 4.78 is 12.9. The molecule has 3 unspecified atom stereocenters. The number of rotatable bonds is 6. The van der Waals surface area contributed by atoms with Gasteiger partial charge in [0, 0.05) is 38.6 Å². The largest absolute Gasteiger partial charge is 0.456 e. The molecule has 0 amide bonds. The van der Waals surface area contributed by atoms with Gasteiger partial charge in [0.2, 0.25) is 0 Å². The molecule has 318 valence electrons. The molecular weight excluding hydrogens is 803 g/mol. The van der Waals surface area contributed by atoms with E-state index in [1.165, 1.54) is 53.5 Å². The number of furan rings is 2. The fourth-order valence-electron chi connectivity index (χ4n) is 11.8. The van der Waals surface area contributed by atoms with E-state index in [1.54, 1.807) is 16.7 Å². The van der Waals surface area contributed by atoms with Gasteiger partial charge in [-0.2, -0.15) is 0 Å². The van der Waals surface area contributed by atoms with Crippen molar-refractivity contribution < 1.29 is 8.83 Å². The van der Waals surface area contributed by atoms with Gasteiger partial charge in [-0.05, 0) is 149 Å². The number of nitrogens with zero attached hydrogens (tertiary/aromatic N) is 1. The minimum Gasteiger partial charge on any atom is -0.456 e. The number of benzene rings is 7. The number of pyridine rings is 1. The van der Waals surface area contributed by atoms with Crippen LogP contribution in [0.3, 0.4) is 0 Å². The lowest BCUT2D eigenvalue weighted by molar-refractivity contribution is 0.447. The lowest BCUT2D eigenvalue weighted by Gasteiger charge is -2.42. The molecule has 7 aromatic carbocycles. The Morgan fingerprint density at radius 2 is 1.20 bits per heavy atom. The van der Waals surface area contributed by atoms with Crippen LogP contribution in [0, 0.1) is 11.8 Å². The van der Waals surface area contributed by atoms with Crippen molar-refractivity contribution in [2.45, 2.75) is 51.9 Å². The Morgan fingerprint density at radius 1 is 0.500 bits per heavy atom. The SMILES string of the molecule is CC1CCCC2=C1C(C1=CC=CCC1)C(C)c1ccc(-c3ccc(-c4ccc5oc6cccc(-c7cc(-c8ccccc8)cc(-c8ccc9c(c8)oc8ccccc89)n7)c6c5c4)cc3)cc12. The van der Waals surface area contributed by atoms with Crippen molar-refractivity contribution in [1.82, 2.24) is 4.98 Å². The molecule has 3 nitrogen and oxygen atoms in total. The van der Waals surface area contributed by atoms with Crippen LogP contribution in [0.25, 0.3) is 105 Å². The van der Waals surface area contributed by atoms with Gasteiger partial charge in [-0.15, -0.1) is 0 Å². The number of hydrogen-bond acceptors (Lipinski definition) is 3. The fraction of sp³-hybridized carbons (Fsp3) is 0.159. The Bertz CT molecular complexity index is 3650. The summed E-state index contributed by atoms with van der Waals surface area (Å²) in [5, 5.41) is 4.36. The summed E-state index contributed by atoms with van der Waals surface area (Å²) in [7, 11) is 0. The zero-order valence-corrected chi connectivity index (χ0v) is 37.4. The van der Waals surface area contributed by atoms with Crippen molar-refractivity contribution in [3.8, 4) is 55.9 Å². The van der Waals surface area contributed by atoms with Crippen molar-refractivity contribution in [1.29, 1.82) is 0 Å². The average Bonchev–Trinajstić information content (AvgIpc) is 3.95. The number of aromatic nitrogens is 1. The number of fused-ring (bicyclic) bond motifs is 8. The van der Waals surface area contributed by atoms with Crippen molar-refractivity contribution in [3.63, 3.8) is 0 Å². The quantitative estimate of drug-likeness (QED) is 0.167. The third-order valence-corrected chi connectivity index (χ3v) is 15.0. The molecule has 0 saturated carbocycles. The second-order valence-electron chi connectivity index (χ2n) is 18.9. The smallest absolute Gasteiger partial charge is 0.136 e. The van der Waals surface area contributed by atoms with Gasteiger partial charge < -0.3 is 8.83 Å². The van der Waals surface area contributed by atoms with E-state index in [0.29, 0.717) is 17.8 Å². The first kappa shape index (κ1) is 38.9. The molecule has 0 fully saturated rings. The normalized spacial score (nSPS) is 18.3. The predicted octanol–water partition coefficient (Wildman–Crippen LogP) is 17.8. The Hall–Kier alpha value is -7.49. The molecule has 10 aromatic rings. The van der Waals surface area contributed by atoms with Crippen LogP contribution in [0.1, 0.15) is 63.0 Å². The van der Waals surface area contributed by atoms with Gasteiger partial charge in [0.15, 0.2) is 0 Å². The van der Waals surface area contributed by atoms with E-state index in [2.05, 4.69) is 184 Å². The molecule has 3 heterocycles. The molecule has 3 aliphatic carbocycles. The Balaban J connectivity index is 0.876. The summed E-state index contributed by atoms with van der Waals surface area (Å²) >= 11 is 0. The van der Waals surface area contributed by atoms with Crippen LogP contribution >= 0.6 is 0 Å². The van der Waals surface area contributed by atoms with E-state index in [1.807, 2.05) is 12.1 Å². The minimum absolute atomic E-state index is 0.479. The molecule has 66 heavy (non-hydrogen) atoms. The molecule has 0 N–H and O–H groups in total. The van der Waals surface area contributed by atoms with Gasteiger partial charge in [0.25, 0.3) is 0 Å². The Morgan fingerprint density at radius 3 is 2.05 bits per heavy atom. The lowest BCUT2D eigenvalue weighted by Crippen LogP contribution is -2.28. The number of hydrogen-bond donors (Lipinski definition) is 0. The maximum absolute atomic E-state index is 6.58. The highest BCUT2D eigenvalue weighted by atomic mass is 16.3. The van der Waals surface area contributed by atoms with Gasteiger partial charge in [-0.1, -0.05) is 152 Å². The molecule has 0 aliphatic heterocycles. The van der Waals surface area contributed by atoms with E-state index < -0.39 is 0 Å². The van der Waals surface area contributed by atoms with Crippen LogP contribution in [0.5, 0.6) is 0 Å². The molecule has 3 heteroatoms. The number of para-hydroxylation sites is 1. The Kier molecular flexibility index (Phi) is 9.20. The van der Waals surface area contributed by atoms with Gasteiger partial charge >= 0.3 is 0 Å². The van der Waals surface area contributed by atoms with Crippen LogP contribution in [0.15, 0.2) is 202 Å². The number of allylic oxidation sites excluding steroid dienone is 6. The highest BCUT2D eigenvalue weighted by Crippen LogP contribution is 2.54. The second-order valence-corrected chi connectivity index (χ2v) is 18.9. The summed E-state index contributed by atoms with van der Waals surface area (Å²) in [5.41, 5.74) is 22.4. The van der Waals surface area contributed by atoms with Crippen LogP contribution in [-0.4, -0.2) is 4.98 Å². The highest BCUT2D eigenvalue weighted by Gasteiger charge is 2.38. The van der Waals surface area contributed by atoms with Gasteiger partial charge in [0.05, 0.1) is 11.4 Å². The summed E-state index contributed by atoms with van der Waals surface area (Å²) in [5.74, 6) is 1.63. The standard InChI is InChI=1S/C63H49NO2/c1-38-13-11-19-51-53-33-44(27-30-48(53)39(2)62(61(38)51)43-16-7-4-8-17-43)41-23-25-42(26-24-41)45-29-32-58-54(34-45)63-52(20-12-22-59(63)65-58)56-36-47(40-14-5-3-6-15-40)35-55(64-56)46-28-31-50-49-18-9-10-21-57(49)66-60(50)37-46/h3-7,9-10,12,14-16,18,20-39,62H,8,11,13,17,19H2,1-2H3. The first-order valence-electron chi connectivity index (χ1n) is 23.8. The maximum Gasteiger partial charge on any atom is 0.136 e. The highest BCUT2D eigenvalue weighted by molar-refractivity contribution is 6.13. The molecule has 3 atom stereocenters. The molecule has 0 spiro atoms. The summed E-state index contributed by atoms with van der Waals surface area (Å²) in [6.07, 6.45) is 13.1. The van der Waals surface area contributed by atoms with E-state index >= 15 is 0 Å². The molecule has 0 saturated heterocycles. The monoisotopic (exact) mass is 851 g/mol. The average molecular weight is 852 g/mol. The van der Waals surface area contributed by atoms with Crippen LogP contribution < -0.4 is 0 Å². The zero-order chi connectivity index (χ0) is 43.9. The minimum atomic E-state index is 0.479. The lowest BCUT2D eigenvalue weighted by atomic mass is 9.62. The fourth-order valence-corrected chi connectivity index (χ4v) is 11.8. The molecular formula is C63H49NO2. The van der Waals surface area contributed by atoms with E-state index in [0.717, 1.165) is 89.5 Å². The molecule has 3 aromatic heterocycles. The maximum atomic E-state index is 6.58. The third-order valence-electron chi connectivity index (χ3n) is 15.0. The van der Waals surface area contributed by atoms with Gasteiger partial charge in [-0.3, -0.25) is 0 Å². The molecule has 0 bridgehead atoms. The zero-order valence-electron chi connectivity index (χ0n) is 37.4.